The largest absolute Gasteiger partial charge is 0.416 e. The van der Waals surface area contributed by atoms with Crippen molar-refractivity contribution in [2.45, 2.75) is 38.8 Å². The molecule has 1 aliphatic rings. The molecule has 0 radical (unpaired) electrons. The molecule has 0 bridgehead atoms. The highest BCUT2D eigenvalue weighted by Gasteiger charge is 2.31. The smallest absolute Gasteiger partial charge is 0.206 e. The fraction of sp³-hybridized carbons (Fsp3) is 0.250. The monoisotopic (exact) mass is 402 g/mol. The molecule has 29 heavy (non-hydrogen) atoms. The van der Waals surface area contributed by atoms with E-state index < -0.39 is 23.4 Å². The predicted molar refractivity (Wildman–Crippen MR) is 104 cm³/mol. The van der Waals surface area contributed by atoms with Gasteiger partial charge in [-0.05, 0) is 70.8 Å². The zero-order chi connectivity index (χ0) is 20.8. The molecule has 3 aromatic rings. The maximum absolute atomic E-state index is 15.3. The normalized spacial score (nSPS) is 13.2. The van der Waals surface area contributed by atoms with Gasteiger partial charge in [0.05, 0.1) is 11.1 Å². The fourth-order valence-electron chi connectivity index (χ4n) is 4.06. The third kappa shape index (κ3) is 3.54. The van der Waals surface area contributed by atoms with Gasteiger partial charge in [0.25, 0.3) is 0 Å². The Morgan fingerprint density at radius 3 is 2.24 bits per heavy atom. The number of hydrogen-bond donors (Lipinski definition) is 0. The summed E-state index contributed by atoms with van der Waals surface area (Å²) in [6.45, 7) is 2.10. The minimum absolute atomic E-state index is 0.0971. The Labute approximate surface area is 166 Å². The van der Waals surface area contributed by atoms with Crippen LogP contribution in [0.15, 0.2) is 48.5 Å². The number of benzene rings is 3. The van der Waals surface area contributed by atoms with Gasteiger partial charge >= 0.3 is 6.18 Å². The zero-order valence-electron chi connectivity index (χ0n) is 15.8. The molecule has 0 nitrogen and oxygen atoms in total. The summed E-state index contributed by atoms with van der Waals surface area (Å²) < 4.78 is 68.5. The Hall–Kier alpha value is -2.69. The third-order valence-corrected chi connectivity index (χ3v) is 5.46. The number of fused-ring (bicyclic) bond motifs is 3. The van der Waals surface area contributed by atoms with Crippen LogP contribution in [0.1, 0.15) is 35.6 Å². The lowest BCUT2D eigenvalue weighted by Gasteiger charge is -2.23. The molecular formula is C24H19F5. The first-order valence-corrected chi connectivity index (χ1v) is 9.60. The molecular weight excluding hydrogens is 383 g/mol. The molecule has 5 heteroatoms. The molecule has 0 fully saturated rings. The molecule has 3 aromatic carbocycles. The maximum Gasteiger partial charge on any atom is 0.416 e. The first-order chi connectivity index (χ1) is 13.8. The van der Waals surface area contributed by atoms with Crippen LogP contribution in [0, 0.1) is 11.6 Å². The van der Waals surface area contributed by atoms with Crippen molar-refractivity contribution < 1.29 is 22.0 Å². The van der Waals surface area contributed by atoms with E-state index in [1.165, 1.54) is 11.6 Å². The quantitative estimate of drug-likeness (QED) is 0.401. The molecule has 4 rings (SSSR count). The highest BCUT2D eigenvalue weighted by atomic mass is 19.4. The average molecular weight is 402 g/mol. The first kappa shape index (κ1) is 19.6. The molecule has 0 saturated carbocycles. The van der Waals surface area contributed by atoms with Gasteiger partial charge in [-0.15, -0.1) is 0 Å². The highest BCUT2D eigenvalue weighted by molar-refractivity contribution is 5.78. The number of aryl methyl sites for hydroxylation is 2. The van der Waals surface area contributed by atoms with Gasteiger partial charge in [0.1, 0.15) is 11.6 Å². The molecule has 0 spiro atoms. The molecule has 1 aliphatic carbocycles. The van der Waals surface area contributed by atoms with E-state index >= 15 is 4.39 Å². The number of halogens is 5. The fourth-order valence-corrected chi connectivity index (χ4v) is 4.06. The van der Waals surface area contributed by atoms with E-state index in [0.29, 0.717) is 24.0 Å². The van der Waals surface area contributed by atoms with Crippen LogP contribution in [0.25, 0.3) is 22.3 Å². The molecule has 0 amide bonds. The van der Waals surface area contributed by atoms with Crippen LogP contribution in [0.5, 0.6) is 0 Å². The summed E-state index contributed by atoms with van der Waals surface area (Å²) in [5.74, 6) is -1.46. The summed E-state index contributed by atoms with van der Waals surface area (Å²) in [5.41, 5.74) is 3.02. The summed E-state index contributed by atoms with van der Waals surface area (Å²) in [5, 5.41) is 0. The molecule has 0 atom stereocenters. The van der Waals surface area contributed by atoms with Gasteiger partial charge in [0.15, 0.2) is 0 Å². The van der Waals surface area contributed by atoms with E-state index in [1.807, 2.05) is 12.1 Å². The lowest BCUT2D eigenvalue weighted by molar-refractivity contribution is -0.137. The van der Waals surface area contributed by atoms with Crippen LogP contribution in [-0.2, 0) is 25.4 Å². The maximum atomic E-state index is 15.3. The van der Waals surface area contributed by atoms with Gasteiger partial charge in [-0.3, -0.25) is 0 Å². The molecule has 0 saturated heterocycles. The van der Waals surface area contributed by atoms with Gasteiger partial charge in [0.2, 0.25) is 0 Å². The van der Waals surface area contributed by atoms with Crippen LogP contribution in [-0.4, -0.2) is 0 Å². The Morgan fingerprint density at radius 1 is 0.862 bits per heavy atom. The van der Waals surface area contributed by atoms with E-state index in [1.54, 1.807) is 0 Å². The van der Waals surface area contributed by atoms with Crippen molar-refractivity contribution in [1.82, 2.24) is 0 Å². The molecule has 0 aliphatic heterocycles. The number of rotatable bonds is 3. The predicted octanol–water partition coefficient (Wildman–Crippen LogP) is 7.37. The van der Waals surface area contributed by atoms with Crippen molar-refractivity contribution in [3.8, 4) is 22.3 Å². The second-order valence-electron chi connectivity index (χ2n) is 7.39. The van der Waals surface area contributed by atoms with Crippen molar-refractivity contribution in [2.75, 3.05) is 0 Å². The van der Waals surface area contributed by atoms with Gasteiger partial charge < -0.3 is 0 Å². The van der Waals surface area contributed by atoms with Crippen LogP contribution in [0.2, 0.25) is 0 Å². The van der Waals surface area contributed by atoms with Gasteiger partial charge in [-0.1, -0.05) is 43.7 Å². The molecule has 0 N–H and O–H groups in total. The van der Waals surface area contributed by atoms with E-state index in [9.17, 15) is 17.6 Å². The summed E-state index contributed by atoms with van der Waals surface area (Å²) in [7, 11) is 0. The minimum Gasteiger partial charge on any atom is -0.206 e. The second-order valence-corrected chi connectivity index (χ2v) is 7.39. The van der Waals surface area contributed by atoms with E-state index in [0.717, 1.165) is 48.2 Å². The molecule has 0 unspecified atom stereocenters. The second kappa shape index (κ2) is 7.29. The summed E-state index contributed by atoms with van der Waals surface area (Å²) in [6, 6.07) is 11.2. The Morgan fingerprint density at radius 2 is 1.59 bits per heavy atom. The summed E-state index contributed by atoms with van der Waals surface area (Å²) >= 11 is 0. The third-order valence-electron chi connectivity index (χ3n) is 5.46. The van der Waals surface area contributed by atoms with Crippen LogP contribution in [0.3, 0.4) is 0 Å². The number of hydrogen-bond acceptors (Lipinski definition) is 0. The Bertz CT molecular complexity index is 1060. The van der Waals surface area contributed by atoms with Crippen molar-refractivity contribution in [3.63, 3.8) is 0 Å². The van der Waals surface area contributed by atoms with Crippen molar-refractivity contribution >= 4 is 0 Å². The van der Waals surface area contributed by atoms with Crippen LogP contribution < -0.4 is 0 Å². The topological polar surface area (TPSA) is 0 Å². The van der Waals surface area contributed by atoms with Crippen molar-refractivity contribution in [1.29, 1.82) is 0 Å². The molecule has 0 heterocycles. The van der Waals surface area contributed by atoms with E-state index in [2.05, 4.69) is 13.0 Å². The summed E-state index contributed by atoms with van der Waals surface area (Å²) in [4.78, 5) is 0. The SMILES string of the molecule is CCCc1ccc2c(c1)CCc1c-2cc(F)c(-c2ccc(C(F)(F)F)cc2)c1F. The van der Waals surface area contributed by atoms with E-state index in [4.69, 9.17) is 0 Å². The van der Waals surface area contributed by atoms with Crippen LogP contribution in [0.4, 0.5) is 22.0 Å². The highest BCUT2D eigenvalue weighted by Crippen LogP contribution is 2.41. The molecule has 0 aromatic heterocycles. The number of alkyl halides is 3. The van der Waals surface area contributed by atoms with Crippen molar-refractivity contribution in [2.24, 2.45) is 0 Å². The lowest BCUT2D eigenvalue weighted by atomic mass is 9.82. The van der Waals surface area contributed by atoms with Gasteiger partial charge in [-0.25, -0.2) is 8.78 Å². The standard InChI is InChI=1S/C24H19F5/c1-2-3-14-4-10-18-16(12-14)7-11-19-20(18)13-21(25)22(23(19)26)15-5-8-17(9-6-15)24(27,28)29/h4-6,8-10,12-13H,2-3,7,11H2,1H3. The minimum atomic E-state index is -4.49. The Kier molecular flexibility index (Phi) is 4.93. The van der Waals surface area contributed by atoms with Crippen LogP contribution >= 0.6 is 0 Å². The first-order valence-electron chi connectivity index (χ1n) is 9.60. The molecule has 150 valence electrons. The summed E-state index contributed by atoms with van der Waals surface area (Å²) in [6.07, 6.45) is -1.44. The Balaban J connectivity index is 1.79. The zero-order valence-corrected chi connectivity index (χ0v) is 15.8. The lowest BCUT2D eigenvalue weighted by Crippen LogP contribution is -2.09. The van der Waals surface area contributed by atoms with Gasteiger partial charge in [-0.2, -0.15) is 13.2 Å². The van der Waals surface area contributed by atoms with Gasteiger partial charge in [0, 0.05) is 0 Å². The average Bonchev–Trinajstić information content (AvgIpc) is 2.67. The van der Waals surface area contributed by atoms with E-state index in [-0.39, 0.29) is 11.1 Å². The van der Waals surface area contributed by atoms with Crippen molar-refractivity contribution in [3.05, 3.63) is 82.4 Å².